The number of hydrazine groups is 1. The highest BCUT2D eigenvalue weighted by Crippen LogP contribution is 2.21. The summed E-state index contributed by atoms with van der Waals surface area (Å²) in [6.45, 7) is 5.99. The van der Waals surface area contributed by atoms with E-state index in [4.69, 9.17) is 5.84 Å². The van der Waals surface area contributed by atoms with Crippen LogP contribution in [0.2, 0.25) is 0 Å². The number of nitrogens with two attached hydrogens (primary N) is 1. The fourth-order valence-electron chi connectivity index (χ4n) is 1.40. The molecule has 0 heterocycles. The van der Waals surface area contributed by atoms with Gasteiger partial charge in [-0.1, -0.05) is 31.2 Å². The summed E-state index contributed by atoms with van der Waals surface area (Å²) in [6.07, 6.45) is 1.71. The second-order valence-electron chi connectivity index (χ2n) is 3.58. The predicted molar refractivity (Wildman–Crippen MR) is 60.5 cm³/mol. The van der Waals surface area contributed by atoms with Gasteiger partial charge in [-0.05, 0) is 30.5 Å². The molecule has 0 aliphatic heterocycles. The lowest BCUT2D eigenvalue weighted by Crippen LogP contribution is -2.28. The molecule has 0 aliphatic carbocycles. The van der Waals surface area contributed by atoms with Crippen LogP contribution in [0.1, 0.15) is 31.4 Å². The summed E-state index contributed by atoms with van der Waals surface area (Å²) in [5, 5.41) is 0. The molecule has 1 rings (SSSR count). The Hall–Kier alpha value is -1.19. The highest BCUT2D eigenvalue weighted by molar-refractivity contribution is 5.21. The molecule has 82 valence electrons. The van der Waals surface area contributed by atoms with Crippen molar-refractivity contribution in [1.29, 1.82) is 0 Å². The maximum Gasteiger partial charge on any atom is 0.123 e. The number of rotatable bonds is 5. The van der Waals surface area contributed by atoms with Gasteiger partial charge in [0.1, 0.15) is 5.82 Å². The minimum Gasteiger partial charge on any atom is -0.271 e. The first kappa shape index (κ1) is 11.9. The molecule has 3 heteroatoms. The van der Waals surface area contributed by atoms with Crippen molar-refractivity contribution in [2.24, 2.45) is 5.84 Å². The van der Waals surface area contributed by atoms with Crippen LogP contribution in [0.15, 0.2) is 36.4 Å². The highest BCUT2D eigenvalue weighted by Gasteiger charge is 2.10. The molecule has 3 N–H and O–H groups in total. The summed E-state index contributed by atoms with van der Waals surface area (Å²) in [7, 11) is 0. The van der Waals surface area contributed by atoms with E-state index in [-0.39, 0.29) is 11.9 Å². The van der Waals surface area contributed by atoms with Crippen molar-refractivity contribution in [3.05, 3.63) is 47.8 Å². The van der Waals surface area contributed by atoms with Crippen molar-refractivity contribution in [2.45, 2.75) is 25.8 Å². The molecule has 0 spiro atoms. The van der Waals surface area contributed by atoms with Crippen molar-refractivity contribution >= 4 is 0 Å². The quantitative estimate of drug-likeness (QED) is 0.443. The van der Waals surface area contributed by atoms with E-state index < -0.39 is 0 Å². The standard InChI is InChI=1S/C12H17FN2/c1-3-9(2)8-12(15-14)10-4-6-11(13)7-5-10/h4-7,12,15H,2-3,8,14H2,1H3. The van der Waals surface area contributed by atoms with Gasteiger partial charge in [0.2, 0.25) is 0 Å². The van der Waals surface area contributed by atoms with Crippen LogP contribution in [0.25, 0.3) is 0 Å². The summed E-state index contributed by atoms with van der Waals surface area (Å²) < 4.78 is 12.7. The zero-order valence-electron chi connectivity index (χ0n) is 8.96. The van der Waals surface area contributed by atoms with Gasteiger partial charge >= 0.3 is 0 Å². The first-order valence-corrected chi connectivity index (χ1v) is 5.05. The Labute approximate surface area is 90.0 Å². The minimum absolute atomic E-state index is 0.0121. The third kappa shape index (κ3) is 3.46. The molecule has 1 aromatic carbocycles. The van der Waals surface area contributed by atoms with Crippen molar-refractivity contribution in [3.63, 3.8) is 0 Å². The number of hydrogen-bond acceptors (Lipinski definition) is 2. The molecule has 1 aromatic rings. The highest BCUT2D eigenvalue weighted by atomic mass is 19.1. The molecule has 0 amide bonds. The van der Waals surface area contributed by atoms with Gasteiger partial charge in [-0.25, -0.2) is 4.39 Å². The summed E-state index contributed by atoms with van der Waals surface area (Å²) in [5.41, 5.74) is 4.83. The third-order valence-electron chi connectivity index (χ3n) is 2.47. The van der Waals surface area contributed by atoms with Gasteiger partial charge in [0.05, 0.1) is 0 Å². The molecule has 0 bridgehead atoms. The molecule has 1 unspecified atom stereocenters. The average Bonchev–Trinajstić information content (AvgIpc) is 2.27. The molecular weight excluding hydrogens is 191 g/mol. The molecule has 2 nitrogen and oxygen atoms in total. The monoisotopic (exact) mass is 208 g/mol. The zero-order valence-corrected chi connectivity index (χ0v) is 8.96. The van der Waals surface area contributed by atoms with E-state index in [9.17, 15) is 4.39 Å². The van der Waals surface area contributed by atoms with E-state index in [1.54, 1.807) is 12.1 Å². The van der Waals surface area contributed by atoms with Crippen LogP contribution in [0.4, 0.5) is 4.39 Å². The topological polar surface area (TPSA) is 38.0 Å². The predicted octanol–water partition coefficient (Wildman–Crippen LogP) is 2.69. The van der Waals surface area contributed by atoms with Gasteiger partial charge in [-0.2, -0.15) is 0 Å². The Kier molecular flexibility index (Phi) is 4.46. The van der Waals surface area contributed by atoms with Crippen molar-refractivity contribution in [2.75, 3.05) is 0 Å². The second-order valence-corrected chi connectivity index (χ2v) is 3.58. The van der Waals surface area contributed by atoms with Crippen LogP contribution in [-0.2, 0) is 0 Å². The Morgan fingerprint density at radius 2 is 2.07 bits per heavy atom. The lowest BCUT2D eigenvalue weighted by atomic mass is 9.99. The summed E-state index contributed by atoms with van der Waals surface area (Å²) in [6, 6.07) is 6.37. The molecule has 0 saturated heterocycles. The molecule has 0 saturated carbocycles. The molecule has 1 atom stereocenters. The van der Waals surface area contributed by atoms with E-state index in [0.29, 0.717) is 0 Å². The van der Waals surface area contributed by atoms with Crippen molar-refractivity contribution in [3.8, 4) is 0 Å². The molecular formula is C12H17FN2. The smallest absolute Gasteiger partial charge is 0.123 e. The molecule has 0 radical (unpaired) electrons. The van der Waals surface area contributed by atoms with Gasteiger partial charge in [0, 0.05) is 6.04 Å². The first-order chi connectivity index (χ1) is 7.17. The van der Waals surface area contributed by atoms with Gasteiger partial charge in [-0.3, -0.25) is 11.3 Å². The first-order valence-electron chi connectivity index (χ1n) is 5.05. The van der Waals surface area contributed by atoms with E-state index in [1.807, 2.05) is 0 Å². The van der Waals surface area contributed by atoms with Crippen molar-refractivity contribution < 1.29 is 4.39 Å². The van der Waals surface area contributed by atoms with Crippen LogP contribution in [0.3, 0.4) is 0 Å². The minimum atomic E-state index is -0.233. The van der Waals surface area contributed by atoms with Crippen LogP contribution in [-0.4, -0.2) is 0 Å². The Morgan fingerprint density at radius 1 is 1.47 bits per heavy atom. The summed E-state index contributed by atoms with van der Waals surface area (Å²) >= 11 is 0. The van der Waals surface area contributed by atoms with E-state index in [0.717, 1.165) is 24.0 Å². The van der Waals surface area contributed by atoms with Crippen LogP contribution < -0.4 is 11.3 Å². The summed E-state index contributed by atoms with van der Waals surface area (Å²) in [5.74, 6) is 5.23. The van der Waals surface area contributed by atoms with Gasteiger partial charge in [0.15, 0.2) is 0 Å². The SMILES string of the molecule is C=C(CC)CC(NN)c1ccc(F)cc1. The maximum atomic E-state index is 12.7. The van der Waals surface area contributed by atoms with Crippen LogP contribution in [0.5, 0.6) is 0 Å². The Morgan fingerprint density at radius 3 is 2.53 bits per heavy atom. The molecule has 15 heavy (non-hydrogen) atoms. The normalized spacial score (nSPS) is 12.5. The Bertz CT molecular complexity index is 319. The van der Waals surface area contributed by atoms with E-state index in [2.05, 4.69) is 18.9 Å². The van der Waals surface area contributed by atoms with Crippen LogP contribution >= 0.6 is 0 Å². The fourth-order valence-corrected chi connectivity index (χ4v) is 1.40. The summed E-state index contributed by atoms with van der Waals surface area (Å²) in [4.78, 5) is 0. The van der Waals surface area contributed by atoms with Crippen LogP contribution in [0, 0.1) is 5.82 Å². The lowest BCUT2D eigenvalue weighted by molar-refractivity contribution is 0.542. The van der Waals surface area contributed by atoms with E-state index in [1.165, 1.54) is 12.1 Å². The van der Waals surface area contributed by atoms with E-state index >= 15 is 0 Å². The Balaban J connectivity index is 2.74. The van der Waals surface area contributed by atoms with Gasteiger partial charge in [-0.15, -0.1) is 0 Å². The largest absolute Gasteiger partial charge is 0.271 e. The average molecular weight is 208 g/mol. The van der Waals surface area contributed by atoms with Gasteiger partial charge in [0.25, 0.3) is 0 Å². The third-order valence-corrected chi connectivity index (χ3v) is 2.47. The molecule has 0 aromatic heterocycles. The van der Waals surface area contributed by atoms with Crippen molar-refractivity contribution in [1.82, 2.24) is 5.43 Å². The number of halogens is 1. The second kappa shape index (κ2) is 5.63. The number of hydrogen-bond donors (Lipinski definition) is 2. The zero-order chi connectivity index (χ0) is 11.3. The maximum absolute atomic E-state index is 12.7. The molecule has 0 fully saturated rings. The molecule has 0 aliphatic rings. The van der Waals surface area contributed by atoms with Gasteiger partial charge < -0.3 is 0 Å². The number of nitrogens with one attached hydrogen (secondary N) is 1. The lowest BCUT2D eigenvalue weighted by Gasteiger charge is -2.17. The number of benzene rings is 1. The fraction of sp³-hybridized carbons (Fsp3) is 0.333.